The van der Waals surface area contributed by atoms with Crippen LogP contribution >= 0.6 is 0 Å². The SMILES string of the molecule is CC(NC(=O)NC1CCC(C(=O)O)CC1)c1noc(Cc2ccccc2)n1. The number of aromatic nitrogens is 2. The highest BCUT2D eigenvalue weighted by molar-refractivity contribution is 5.74. The van der Waals surface area contributed by atoms with Crippen LogP contribution < -0.4 is 10.6 Å². The fourth-order valence-corrected chi connectivity index (χ4v) is 3.26. The summed E-state index contributed by atoms with van der Waals surface area (Å²) in [4.78, 5) is 27.5. The third kappa shape index (κ3) is 5.29. The molecule has 144 valence electrons. The van der Waals surface area contributed by atoms with Crippen molar-refractivity contribution in [3.8, 4) is 0 Å². The normalized spacial score (nSPS) is 20.6. The number of carboxylic acid groups (broad SMARTS) is 1. The van der Waals surface area contributed by atoms with Gasteiger partial charge in [-0.1, -0.05) is 35.5 Å². The molecule has 1 aromatic heterocycles. The lowest BCUT2D eigenvalue weighted by molar-refractivity contribution is -0.142. The van der Waals surface area contributed by atoms with Gasteiger partial charge in [0, 0.05) is 6.04 Å². The lowest BCUT2D eigenvalue weighted by Crippen LogP contribution is -2.45. The summed E-state index contributed by atoms with van der Waals surface area (Å²) in [7, 11) is 0. The van der Waals surface area contributed by atoms with E-state index in [1.54, 1.807) is 6.92 Å². The summed E-state index contributed by atoms with van der Waals surface area (Å²) in [5.74, 6) is -0.134. The molecule has 1 atom stereocenters. The number of rotatable bonds is 6. The van der Waals surface area contributed by atoms with Crippen LogP contribution in [0.15, 0.2) is 34.9 Å². The number of amides is 2. The first-order valence-corrected chi connectivity index (χ1v) is 9.17. The summed E-state index contributed by atoms with van der Waals surface area (Å²) < 4.78 is 5.27. The second-order valence-corrected chi connectivity index (χ2v) is 6.93. The van der Waals surface area contributed by atoms with Gasteiger partial charge >= 0.3 is 12.0 Å². The van der Waals surface area contributed by atoms with Crippen molar-refractivity contribution in [1.82, 2.24) is 20.8 Å². The van der Waals surface area contributed by atoms with Crippen molar-refractivity contribution in [2.24, 2.45) is 5.92 Å². The average Bonchev–Trinajstić information content (AvgIpc) is 3.11. The second-order valence-electron chi connectivity index (χ2n) is 6.93. The number of urea groups is 1. The van der Waals surface area contributed by atoms with Crippen LogP contribution in [0.25, 0.3) is 0 Å². The van der Waals surface area contributed by atoms with Gasteiger partial charge in [0.15, 0.2) is 5.82 Å². The molecule has 0 spiro atoms. The Balaban J connectivity index is 1.47. The highest BCUT2D eigenvalue weighted by atomic mass is 16.5. The van der Waals surface area contributed by atoms with Crippen LogP contribution in [-0.2, 0) is 11.2 Å². The van der Waals surface area contributed by atoms with Gasteiger partial charge < -0.3 is 20.3 Å². The fourth-order valence-electron chi connectivity index (χ4n) is 3.26. The summed E-state index contributed by atoms with van der Waals surface area (Å²) in [5, 5.41) is 18.7. The van der Waals surface area contributed by atoms with Crippen molar-refractivity contribution in [2.45, 2.75) is 51.1 Å². The van der Waals surface area contributed by atoms with E-state index in [1.807, 2.05) is 30.3 Å². The van der Waals surface area contributed by atoms with E-state index in [0.717, 1.165) is 5.56 Å². The Bertz CT molecular complexity index is 769. The van der Waals surface area contributed by atoms with E-state index in [9.17, 15) is 9.59 Å². The van der Waals surface area contributed by atoms with Gasteiger partial charge in [0.2, 0.25) is 5.89 Å². The van der Waals surface area contributed by atoms with Gasteiger partial charge in [0.1, 0.15) is 0 Å². The molecule has 0 radical (unpaired) electrons. The average molecular weight is 372 g/mol. The molecular formula is C19H24N4O4. The molecule has 1 aliphatic rings. The zero-order chi connectivity index (χ0) is 19.2. The minimum absolute atomic E-state index is 0.00768. The molecule has 1 saturated carbocycles. The van der Waals surface area contributed by atoms with Crippen molar-refractivity contribution < 1.29 is 19.2 Å². The van der Waals surface area contributed by atoms with Crippen LogP contribution in [0, 0.1) is 5.92 Å². The van der Waals surface area contributed by atoms with E-state index in [2.05, 4.69) is 20.8 Å². The van der Waals surface area contributed by atoms with Crippen LogP contribution in [0.4, 0.5) is 4.79 Å². The summed E-state index contributed by atoms with van der Waals surface area (Å²) in [6.07, 6.45) is 3.05. The molecular weight excluding hydrogens is 348 g/mol. The predicted octanol–water partition coefficient (Wildman–Crippen LogP) is 2.66. The maximum absolute atomic E-state index is 12.2. The van der Waals surface area contributed by atoms with Crippen LogP contribution in [-0.4, -0.2) is 33.3 Å². The van der Waals surface area contributed by atoms with Crippen LogP contribution in [0.1, 0.15) is 55.9 Å². The third-order valence-corrected chi connectivity index (χ3v) is 4.83. The van der Waals surface area contributed by atoms with E-state index >= 15 is 0 Å². The molecule has 1 aromatic carbocycles. The van der Waals surface area contributed by atoms with Crippen molar-refractivity contribution in [3.05, 3.63) is 47.6 Å². The first-order valence-electron chi connectivity index (χ1n) is 9.17. The molecule has 2 aromatic rings. The van der Waals surface area contributed by atoms with E-state index in [1.165, 1.54) is 0 Å². The van der Waals surface area contributed by atoms with Gasteiger partial charge in [-0.15, -0.1) is 0 Å². The van der Waals surface area contributed by atoms with Gasteiger partial charge in [-0.05, 0) is 38.2 Å². The number of hydrogen-bond donors (Lipinski definition) is 3. The Labute approximate surface area is 157 Å². The molecule has 0 bridgehead atoms. The van der Waals surface area contributed by atoms with Crippen LogP contribution in [0.2, 0.25) is 0 Å². The number of carbonyl (C=O) groups is 2. The lowest BCUT2D eigenvalue weighted by Gasteiger charge is -2.27. The van der Waals surface area contributed by atoms with Crippen molar-refractivity contribution >= 4 is 12.0 Å². The molecule has 1 fully saturated rings. The molecule has 8 nitrogen and oxygen atoms in total. The molecule has 27 heavy (non-hydrogen) atoms. The molecule has 0 aliphatic heterocycles. The first kappa shape index (κ1) is 18.9. The Kier molecular flexibility index (Phi) is 6.05. The predicted molar refractivity (Wildman–Crippen MR) is 97.0 cm³/mol. The Morgan fingerprint density at radius 3 is 2.59 bits per heavy atom. The summed E-state index contributed by atoms with van der Waals surface area (Å²) in [5.41, 5.74) is 1.07. The molecule has 1 unspecified atom stereocenters. The van der Waals surface area contributed by atoms with Crippen molar-refractivity contribution in [3.63, 3.8) is 0 Å². The van der Waals surface area contributed by atoms with Crippen molar-refractivity contribution in [1.29, 1.82) is 0 Å². The smallest absolute Gasteiger partial charge is 0.315 e. The molecule has 3 N–H and O–H groups in total. The van der Waals surface area contributed by atoms with Crippen LogP contribution in [0.3, 0.4) is 0 Å². The summed E-state index contributed by atoms with van der Waals surface area (Å²) >= 11 is 0. The van der Waals surface area contributed by atoms with E-state index < -0.39 is 12.0 Å². The number of nitrogens with one attached hydrogen (secondary N) is 2. The standard InChI is InChI=1S/C19H24N4O4/c1-12(17-22-16(27-23-17)11-13-5-3-2-4-6-13)20-19(26)21-15-9-7-14(8-10-15)18(24)25/h2-6,12,14-15H,7-11H2,1H3,(H,24,25)(H2,20,21,26). The zero-order valence-corrected chi connectivity index (χ0v) is 15.2. The van der Waals surface area contributed by atoms with Gasteiger partial charge in [0.05, 0.1) is 18.4 Å². The fraction of sp³-hybridized carbons (Fsp3) is 0.474. The molecule has 2 amide bonds. The highest BCUT2D eigenvalue weighted by Crippen LogP contribution is 2.24. The van der Waals surface area contributed by atoms with Crippen molar-refractivity contribution in [2.75, 3.05) is 0 Å². The number of benzene rings is 1. The zero-order valence-electron chi connectivity index (χ0n) is 15.2. The lowest BCUT2D eigenvalue weighted by atomic mass is 9.86. The van der Waals surface area contributed by atoms with Gasteiger partial charge in [-0.3, -0.25) is 4.79 Å². The Morgan fingerprint density at radius 1 is 1.22 bits per heavy atom. The number of carbonyl (C=O) groups excluding carboxylic acids is 1. The van der Waals surface area contributed by atoms with Gasteiger partial charge in [-0.2, -0.15) is 4.98 Å². The molecule has 1 heterocycles. The number of aliphatic carboxylic acids is 1. The van der Waals surface area contributed by atoms with E-state index in [0.29, 0.717) is 43.8 Å². The summed E-state index contributed by atoms with van der Waals surface area (Å²) in [6, 6.07) is 9.10. The number of hydrogen-bond acceptors (Lipinski definition) is 5. The number of carboxylic acids is 1. The minimum Gasteiger partial charge on any atom is -0.481 e. The molecule has 0 saturated heterocycles. The van der Waals surface area contributed by atoms with E-state index in [-0.39, 0.29) is 18.0 Å². The van der Waals surface area contributed by atoms with E-state index in [4.69, 9.17) is 9.63 Å². The first-order chi connectivity index (χ1) is 13.0. The maximum atomic E-state index is 12.2. The molecule has 1 aliphatic carbocycles. The summed E-state index contributed by atoms with van der Waals surface area (Å²) in [6.45, 7) is 1.79. The second kappa shape index (κ2) is 8.66. The Hall–Kier alpha value is -2.90. The maximum Gasteiger partial charge on any atom is 0.315 e. The monoisotopic (exact) mass is 372 g/mol. The molecule has 3 rings (SSSR count). The van der Waals surface area contributed by atoms with Gasteiger partial charge in [0.25, 0.3) is 0 Å². The van der Waals surface area contributed by atoms with Gasteiger partial charge in [-0.25, -0.2) is 4.79 Å². The number of nitrogens with zero attached hydrogens (tertiary/aromatic N) is 2. The largest absolute Gasteiger partial charge is 0.481 e. The minimum atomic E-state index is -0.755. The Morgan fingerprint density at radius 2 is 1.93 bits per heavy atom. The topological polar surface area (TPSA) is 117 Å². The quantitative estimate of drug-likeness (QED) is 0.717. The highest BCUT2D eigenvalue weighted by Gasteiger charge is 2.27. The van der Waals surface area contributed by atoms with Crippen LogP contribution in [0.5, 0.6) is 0 Å². The molecule has 8 heteroatoms. The third-order valence-electron chi connectivity index (χ3n) is 4.83.